The van der Waals surface area contributed by atoms with E-state index < -0.39 is 11.0 Å². The van der Waals surface area contributed by atoms with Gasteiger partial charge in [-0.15, -0.1) is 0 Å². The number of amides is 1. The van der Waals surface area contributed by atoms with Crippen LogP contribution in [0.2, 0.25) is 5.02 Å². The van der Waals surface area contributed by atoms with Crippen molar-refractivity contribution in [3.05, 3.63) is 58.1 Å². The first kappa shape index (κ1) is 41.5. The molecule has 1 saturated carbocycles. The first-order chi connectivity index (χ1) is 24.7. The highest BCUT2D eigenvalue weighted by Gasteiger charge is 2.37. The van der Waals surface area contributed by atoms with Gasteiger partial charge in [0.2, 0.25) is 0 Å². The number of hydrogen-bond acceptors (Lipinski definition) is 8. The molecule has 2 fully saturated rings. The molecular formula is C40H62ClN3O6S. The molecule has 0 aromatic heterocycles. The highest BCUT2D eigenvalue weighted by molar-refractivity contribution is 7.84. The average molecular weight is 748 g/mol. The average Bonchev–Trinajstić information content (AvgIpc) is 3.31. The van der Waals surface area contributed by atoms with E-state index in [2.05, 4.69) is 47.8 Å². The van der Waals surface area contributed by atoms with E-state index in [9.17, 15) is 9.00 Å². The number of aryl methyl sites for hydroxylation is 1. The summed E-state index contributed by atoms with van der Waals surface area (Å²) < 4.78 is 38.9. The predicted octanol–water partition coefficient (Wildman–Crippen LogP) is 7.52. The Hall–Kier alpha value is -2.21. The fourth-order valence-corrected chi connectivity index (χ4v) is 8.43. The fourth-order valence-electron chi connectivity index (χ4n) is 7.19. The summed E-state index contributed by atoms with van der Waals surface area (Å²) in [7, 11) is 2.13. The number of benzene rings is 2. The van der Waals surface area contributed by atoms with E-state index in [1.54, 1.807) is 13.2 Å². The molecule has 0 bridgehead atoms. The van der Waals surface area contributed by atoms with Gasteiger partial charge in [0.25, 0.3) is 5.91 Å². The van der Waals surface area contributed by atoms with Crippen molar-refractivity contribution in [3.8, 4) is 5.75 Å². The predicted molar refractivity (Wildman–Crippen MR) is 208 cm³/mol. The summed E-state index contributed by atoms with van der Waals surface area (Å²) in [6, 6.07) is 11.9. The minimum absolute atomic E-state index is 0.108. The minimum Gasteiger partial charge on any atom is -0.491 e. The second kappa shape index (κ2) is 21.5. The summed E-state index contributed by atoms with van der Waals surface area (Å²) in [5, 5.41) is 3.58. The Morgan fingerprint density at radius 2 is 1.84 bits per heavy atom. The van der Waals surface area contributed by atoms with Crippen LogP contribution in [-0.4, -0.2) is 81.9 Å². The number of nitrogens with one attached hydrogen (secondary N) is 2. The molecule has 6 unspecified atom stereocenters. The molecular weight excluding hydrogens is 686 g/mol. The van der Waals surface area contributed by atoms with Crippen LogP contribution in [0.4, 0.5) is 5.69 Å². The molecule has 1 amide bonds. The minimum atomic E-state index is -1.47. The smallest absolute Gasteiger partial charge is 0.263 e. The number of ether oxygens (including phenoxy) is 4. The monoisotopic (exact) mass is 747 g/mol. The molecule has 2 heterocycles. The third-order valence-electron chi connectivity index (χ3n) is 10.6. The van der Waals surface area contributed by atoms with Crippen molar-refractivity contribution in [1.82, 2.24) is 10.0 Å². The van der Waals surface area contributed by atoms with E-state index in [4.69, 9.17) is 30.5 Å². The number of anilines is 1. The van der Waals surface area contributed by atoms with Crippen molar-refractivity contribution in [3.63, 3.8) is 0 Å². The van der Waals surface area contributed by atoms with Gasteiger partial charge >= 0.3 is 0 Å². The van der Waals surface area contributed by atoms with Crippen LogP contribution >= 0.6 is 11.6 Å². The molecule has 286 valence electrons. The lowest BCUT2D eigenvalue weighted by molar-refractivity contribution is -0.192. The first-order valence-electron chi connectivity index (χ1n) is 19.1. The van der Waals surface area contributed by atoms with Gasteiger partial charge in [-0.2, -0.15) is 0 Å². The first-order valence-corrected chi connectivity index (χ1v) is 20.7. The largest absolute Gasteiger partial charge is 0.491 e. The van der Waals surface area contributed by atoms with E-state index in [1.165, 1.54) is 17.5 Å². The van der Waals surface area contributed by atoms with Gasteiger partial charge in [0.15, 0.2) is 6.29 Å². The molecule has 2 aliphatic heterocycles. The number of methoxy groups -OCH3 is 1. The number of carbonyl (C=O) groups excluding carboxylic acids is 1. The number of fused-ring (bicyclic) bond motifs is 1. The molecule has 51 heavy (non-hydrogen) atoms. The van der Waals surface area contributed by atoms with Crippen LogP contribution in [0.25, 0.3) is 0 Å². The number of hydrogen-bond donors (Lipinski definition) is 2. The SMILES string of the molecule is CCCc1cc(Cl)ccc1C1COc2ccc(C(=O)NS(=O)C(C)C(C)CCC)cc2N(CC2CCC2CC2OCCCO2)C1.CNCCOC. The van der Waals surface area contributed by atoms with Crippen molar-refractivity contribution in [2.24, 2.45) is 17.8 Å². The lowest BCUT2D eigenvalue weighted by Gasteiger charge is -2.42. The Bertz CT molecular complexity index is 1390. The quantitative estimate of drug-likeness (QED) is 0.170. The number of halogens is 1. The van der Waals surface area contributed by atoms with Gasteiger partial charge < -0.3 is 29.2 Å². The molecule has 2 aromatic rings. The second-order valence-electron chi connectivity index (χ2n) is 14.3. The maximum atomic E-state index is 13.4. The molecule has 6 atom stereocenters. The maximum absolute atomic E-state index is 13.4. The van der Waals surface area contributed by atoms with Gasteiger partial charge in [-0.25, -0.2) is 4.21 Å². The molecule has 9 nitrogen and oxygen atoms in total. The van der Waals surface area contributed by atoms with Gasteiger partial charge in [-0.05, 0) is 105 Å². The Kier molecular flexibility index (Phi) is 17.5. The van der Waals surface area contributed by atoms with E-state index in [1.807, 2.05) is 32.2 Å². The van der Waals surface area contributed by atoms with Crippen molar-refractivity contribution >= 4 is 34.2 Å². The van der Waals surface area contributed by atoms with Crippen molar-refractivity contribution in [1.29, 1.82) is 0 Å². The number of nitrogens with zero attached hydrogens (tertiary/aromatic N) is 1. The van der Waals surface area contributed by atoms with Crippen LogP contribution in [0.5, 0.6) is 5.75 Å². The lowest BCUT2D eigenvalue weighted by Crippen LogP contribution is -2.42. The molecule has 0 spiro atoms. The lowest BCUT2D eigenvalue weighted by atomic mass is 9.71. The van der Waals surface area contributed by atoms with Crippen LogP contribution < -0.4 is 19.7 Å². The van der Waals surface area contributed by atoms with E-state index in [0.29, 0.717) is 24.0 Å². The summed E-state index contributed by atoms with van der Waals surface area (Å²) in [6.07, 6.45) is 8.11. The molecule has 3 aliphatic rings. The summed E-state index contributed by atoms with van der Waals surface area (Å²) in [5.74, 6) is 1.90. The summed E-state index contributed by atoms with van der Waals surface area (Å²) in [5.41, 5.74) is 3.96. The topological polar surface area (TPSA) is 98.4 Å². The number of likely N-dealkylation sites (N-methyl/N-ethyl adjacent to an activating group) is 1. The van der Waals surface area contributed by atoms with E-state index in [0.717, 1.165) is 101 Å². The van der Waals surface area contributed by atoms with Crippen LogP contribution in [0.3, 0.4) is 0 Å². The highest BCUT2D eigenvalue weighted by Crippen LogP contribution is 2.43. The van der Waals surface area contributed by atoms with Crippen molar-refractivity contribution < 1.29 is 28.0 Å². The van der Waals surface area contributed by atoms with Gasteiger partial charge in [0, 0.05) is 49.7 Å². The number of rotatable bonds is 16. The number of carbonyl (C=O) groups is 1. The van der Waals surface area contributed by atoms with Crippen molar-refractivity contribution in [2.75, 3.05) is 65.1 Å². The standard InChI is InChI=1S/C36H51ClN2O5S.C4H11NO/c1-5-8-24(3)25(4)45(41)38-36(40)28-12-15-34-33(19-28)39(21-29-11-10-26(29)20-35-42-16-7-17-43-35)22-30(23-44-34)32-14-13-31(37)18-27(32)9-6-2;1-5-3-4-6-2/h12-15,18-19,24-26,29-30,35H,5-11,16-17,20-23H2,1-4H3,(H,38,40);5H,3-4H2,1-2H3. The zero-order chi connectivity index (χ0) is 36.8. The Labute approximate surface area is 314 Å². The normalized spacial score (nSPS) is 22.3. The van der Waals surface area contributed by atoms with Crippen LogP contribution in [0, 0.1) is 17.8 Å². The summed E-state index contributed by atoms with van der Waals surface area (Å²) in [6.45, 7) is 13.8. The second-order valence-corrected chi connectivity index (χ2v) is 16.3. The van der Waals surface area contributed by atoms with Crippen LogP contribution in [-0.2, 0) is 31.6 Å². The van der Waals surface area contributed by atoms with E-state index in [-0.39, 0.29) is 29.3 Å². The fraction of sp³-hybridized carbons (Fsp3) is 0.675. The zero-order valence-corrected chi connectivity index (χ0v) is 33.3. The molecule has 1 saturated heterocycles. The highest BCUT2D eigenvalue weighted by atomic mass is 35.5. The van der Waals surface area contributed by atoms with Gasteiger partial charge in [-0.1, -0.05) is 51.3 Å². The van der Waals surface area contributed by atoms with E-state index >= 15 is 0 Å². The third-order valence-corrected chi connectivity index (χ3v) is 12.3. The van der Waals surface area contributed by atoms with Gasteiger partial charge in [-0.3, -0.25) is 9.52 Å². The molecule has 0 radical (unpaired) electrons. The molecule has 1 aliphatic carbocycles. The Balaban J connectivity index is 0.000000894. The van der Waals surface area contributed by atoms with Crippen LogP contribution in [0.1, 0.15) is 100 Å². The van der Waals surface area contributed by atoms with Gasteiger partial charge in [0.1, 0.15) is 16.7 Å². The molecule has 2 N–H and O–H groups in total. The third kappa shape index (κ3) is 12.2. The summed E-state index contributed by atoms with van der Waals surface area (Å²) >= 11 is 6.43. The zero-order valence-electron chi connectivity index (χ0n) is 31.7. The molecule has 11 heteroatoms. The molecule has 2 aromatic carbocycles. The van der Waals surface area contributed by atoms with Crippen LogP contribution in [0.15, 0.2) is 36.4 Å². The van der Waals surface area contributed by atoms with Crippen molar-refractivity contribution in [2.45, 2.75) is 96.5 Å². The molecule has 5 rings (SSSR count). The summed E-state index contributed by atoms with van der Waals surface area (Å²) in [4.78, 5) is 15.8. The Morgan fingerprint density at radius 1 is 1.08 bits per heavy atom. The Morgan fingerprint density at radius 3 is 2.49 bits per heavy atom. The maximum Gasteiger partial charge on any atom is 0.263 e. The van der Waals surface area contributed by atoms with Gasteiger partial charge in [0.05, 0.1) is 37.4 Å².